The molecule has 1 heterocycles. The van der Waals surface area contributed by atoms with Gasteiger partial charge in [-0.05, 0) is 27.5 Å². The van der Waals surface area contributed by atoms with Gasteiger partial charge in [-0.15, -0.1) is 0 Å². The van der Waals surface area contributed by atoms with E-state index in [1.54, 1.807) is 11.9 Å². The lowest BCUT2D eigenvalue weighted by molar-refractivity contribution is -0.389. The van der Waals surface area contributed by atoms with Gasteiger partial charge in [-0.1, -0.05) is 31.2 Å². The van der Waals surface area contributed by atoms with Gasteiger partial charge < -0.3 is 19.6 Å². The monoisotopic (exact) mass is 302 g/mol. The summed E-state index contributed by atoms with van der Waals surface area (Å²) in [4.78, 5) is 27.3. The van der Waals surface area contributed by atoms with Gasteiger partial charge in [0.2, 0.25) is 12.2 Å². The van der Waals surface area contributed by atoms with Gasteiger partial charge >= 0.3 is 5.82 Å². The molecule has 0 radical (unpaired) electrons. The molecule has 0 saturated carbocycles. The Kier molecular flexibility index (Phi) is 4.88. The van der Waals surface area contributed by atoms with E-state index in [2.05, 4.69) is 11.9 Å². The number of amides is 1. The van der Waals surface area contributed by atoms with E-state index in [1.165, 1.54) is 22.7 Å². The molecule has 1 amide bonds. The van der Waals surface area contributed by atoms with Crippen LogP contribution in [-0.2, 0) is 24.3 Å². The summed E-state index contributed by atoms with van der Waals surface area (Å²) in [6.45, 7) is 2.62. The van der Waals surface area contributed by atoms with E-state index >= 15 is 0 Å². The predicted octanol–water partition coefficient (Wildman–Crippen LogP) is 2.01. The molecule has 0 aliphatic carbocycles. The van der Waals surface area contributed by atoms with Crippen LogP contribution in [0.4, 0.5) is 5.82 Å². The Bertz CT molecular complexity index is 664. The second-order valence-corrected chi connectivity index (χ2v) is 5.08. The molecule has 0 spiro atoms. The first-order valence-corrected chi connectivity index (χ1v) is 6.97. The Morgan fingerprint density at radius 2 is 1.95 bits per heavy atom. The number of imidazole rings is 1. The number of hydrogen-bond donors (Lipinski definition) is 0. The van der Waals surface area contributed by atoms with E-state index in [-0.39, 0.29) is 18.3 Å². The van der Waals surface area contributed by atoms with Crippen molar-refractivity contribution in [3.63, 3.8) is 0 Å². The number of aromatic nitrogens is 2. The van der Waals surface area contributed by atoms with E-state index < -0.39 is 4.92 Å². The highest BCUT2D eigenvalue weighted by Crippen LogP contribution is 2.09. The average Bonchev–Trinajstić information content (AvgIpc) is 2.96. The fraction of sp³-hybridized carbons (Fsp3) is 0.333. The zero-order chi connectivity index (χ0) is 16.1. The van der Waals surface area contributed by atoms with Crippen molar-refractivity contribution in [2.75, 3.05) is 7.05 Å². The molecule has 1 aromatic carbocycles. The maximum absolute atomic E-state index is 12.1. The molecule has 0 fully saturated rings. The van der Waals surface area contributed by atoms with Gasteiger partial charge in [0.25, 0.3) is 0 Å². The SMILES string of the molecule is CCc1ccc(CN(C)C(=O)Cn2cnc([N+](=O)[O-])c2)cc1. The van der Waals surface area contributed by atoms with Crippen molar-refractivity contribution in [1.82, 2.24) is 14.5 Å². The highest BCUT2D eigenvalue weighted by Gasteiger charge is 2.14. The minimum atomic E-state index is -0.583. The molecule has 0 saturated heterocycles. The van der Waals surface area contributed by atoms with Gasteiger partial charge in [-0.2, -0.15) is 0 Å². The van der Waals surface area contributed by atoms with Gasteiger partial charge in [-0.3, -0.25) is 4.79 Å². The highest BCUT2D eigenvalue weighted by molar-refractivity contribution is 5.75. The number of likely N-dealkylation sites (N-methyl/N-ethyl adjacent to an activating group) is 1. The fourth-order valence-corrected chi connectivity index (χ4v) is 2.05. The summed E-state index contributed by atoms with van der Waals surface area (Å²) in [6.07, 6.45) is 3.52. The number of aryl methyl sites for hydroxylation is 1. The second-order valence-electron chi connectivity index (χ2n) is 5.08. The van der Waals surface area contributed by atoms with Crippen molar-refractivity contribution >= 4 is 11.7 Å². The van der Waals surface area contributed by atoms with Gasteiger partial charge in [0.15, 0.2) is 0 Å². The molecule has 0 aliphatic heterocycles. The molecule has 2 aromatic rings. The molecule has 0 bridgehead atoms. The Balaban J connectivity index is 1.94. The number of hydrogen-bond acceptors (Lipinski definition) is 4. The van der Waals surface area contributed by atoms with Crippen molar-refractivity contribution in [2.24, 2.45) is 0 Å². The van der Waals surface area contributed by atoms with Crippen LogP contribution < -0.4 is 0 Å². The van der Waals surface area contributed by atoms with Crippen LogP contribution in [0.3, 0.4) is 0 Å². The molecule has 0 atom stereocenters. The van der Waals surface area contributed by atoms with Gasteiger partial charge in [-0.25, -0.2) is 0 Å². The summed E-state index contributed by atoms with van der Waals surface area (Å²) in [5.74, 6) is -0.391. The normalized spacial score (nSPS) is 10.5. The van der Waals surface area contributed by atoms with Crippen LogP contribution in [0.2, 0.25) is 0 Å². The van der Waals surface area contributed by atoms with Crippen molar-refractivity contribution in [3.05, 3.63) is 58.0 Å². The van der Waals surface area contributed by atoms with Crippen molar-refractivity contribution in [2.45, 2.75) is 26.4 Å². The smallest absolute Gasteiger partial charge is 0.358 e. The molecule has 22 heavy (non-hydrogen) atoms. The zero-order valence-corrected chi connectivity index (χ0v) is 12.6. The molecule has 0 N–H and O–H groups in total. The molecule has 1 aromatic heterocycles. The number of nitro groups is 1. The molecule has 7 nitrogen and oxygen atoms in total. The largest absolute Gasteiger partial charge is 0.381 e. The van der Waals surface area contributed by atoms with Crippen molar-refractivity contribution in [1.29, 1.82) is 0 Å². The predicted molar refractivity (Wildman–Crippen MR) is 81.2 cm³/mol. The van der Waals surface area contributed by atoms with Crippen LogP contribution >= 0.6 is 0 Å². The third-order valence-electron chi connectivity index (χ3n) is 3.40. The Morgan fingerprint density at radius 1 is 1.32 bits per heavy atom. The highest BCUT2D eigenvalue weighted by atomic mass is 16.6. The third kappa shape index (κ3) is 3.91. The maximum atomic E-state index is 12.1. The summed E-state index contributed by atoms with van der Waals surface area (Å²) in [7, 11) is 1.71. The Hall–Kier alpha value is -2.70. The Morgan fingerprint density at radius 3 is 2.50 bits per heavy atom. The first-order valence-electron chi connectivity index (χ1n) is 6.97. The first kappa shape index (κ1) is 15.7. The molecule has 2 rings (SSSR count). The molecule has 7 heteroatoms. The van der Waals surface area contributed by atoms with E-state index in [0.29, 0.717) is 6.54 Å². The van der Waals surface area contributed by atoms with Crippen LogP contribution in [0, 0.1) is 10.1 Å². The third-order valence-corrected chi connectivity index (χ3v) is 3.40. The Labute approximate surface area is 128 Å². The fourth-order valence-electron chi connectivity index (χ4n) is 2.05. The summed E-state index contributed by atoms with van der Waals surface area (Å²) in [5, 5.41) is 10.6. The summed E-state index contributed by atoms with van der Waals surface area (Å²) in [5.41, 5.74) is 2.30. The van der Waals surface area contributed by atoms with Crippen LogP contribution in [0.15, 0.2) is 36.8 Å². The standard InChI is InChI=1S/C15H18N4O3/c1-3-12-4-6-13(7-5-12)8-17(2)15(20)10-18-9-14(16-11-18)19(21)22/h4-7,9,11H,3,8,10H2,1-2H3. The van der Waals surface area contributed by atoms with E-state index in [4.69, 9.17) is 0 Å². The van der Waals surface area contributed by atoms with Crippen LogP contribution in [0.5, 0.6) is 0 Å². The molecular weight excluding hydrogens is 284 g/mol. The zero-order valence-electron chi connectivity index (χ0n) is 12.6. The second kappa shape index (κ2) is 6.84. The quantitative estimate of drug-likeness (QED) is 0.604. The lowest BCUT2D eigenvalue weighted by atomic mass is 10.1. The lowest BCUT2D eigenvalue weighted by Gasteiger charge is -2.17. The van der Waals surface area contributed by atoms with Crippen LogP contribution in [-0.4, -0.2) is 32.3 Å². The van der Waals surface area contributed by atoms with E-state index in [0.717, 1.165) is 12.0 Å². The minimum Gasteiger partial charge on any atom is -0.358 e. The molecule has 0 unspecified atom stereocenters. The van der Waals surface area contributed by atoms with E-state index in [1.807, 2.05) is 24.3 Å². The van der Waals surface area contributed by atoms with Crippen molar-refractivity contribution in [3.8, 4) is 0 Å². The number of benzene rings is 1. The number of carbonyl (C=O) groups is 1. The van der Waals surface area contributed by atoms with Crippen LogP contribution in [0.25, 0.3) is 0 Å². The van der Waals surface area contributed by atoms with Gasteiger partial charge in [0.1, 0.15) is 12.7 Å². The van der Waals surface area contributed by atoms with Crippen LogP contribution in [0.1, 0.15) is 18.1 Å². The topological polar surface area (TPSA) is 81.3 Å². The molecule has 116 valence electrons. The summed E-state index contributed by atoms with van der Waals surface area (Å²) >= 11 is 0. The van der Waals surface area contributed by atoms with Crippen molar-refractivity contribution < 1.29 is 9.72 Å². The summed E-state index contributed by atoms with van der Waals surface area (Å²) < 4.78 is 1.41. The lowest BCUT2D eigenvalue weighted by Crippen LogP contribution is -2.29. The summed E-state index contributed by atoms with van der Waals surface area (Å²) in [6, 6.07) is 8.11. The molecular formula is C15H18N4O3. The minimum absolute atomic E-state index is 0.0321. The number of rotatable bonds is 6. The first-order chi connectivity index (χ1) is 10.5. The van der Waals surface area contributed by atoms with Gasteiger partial charge in [0.05, 0.1) is 0 Å². The number of nitrogens with zero attached hydrogens (tertiary/aromatic N) is 4. The van der Waals surface area contributed by atoms with Gasteiger partial charge in [0, 0.05) is 13.6 Å². The maximum Gasteiger partial charge on any atom is 0.381 e. The number of carbonyl (C=O) groups excluding carboxylic acids is 1. The molecule has 0 aliphatic rings. The average molecular weight is 302 g/mol. The van der Waals surface area contributed by atoms with E-state index in [9.17, 15) is 14.9 Å².